The van der Waals surface area contributed by atoms with Crippen molar-refractivity contribution >= 4 is 17.4 Å². The summed E-state index contributed by atoms with van der Waals surface area (Å²) in [6, 6.07) is 4.14. The fraction of sp³-hybridized carbons (Fsp3) is 0.455. The zero-order chi connectivity index (χ0) is 10.3. The second-order valence-corrected chi connectivity index (χ2v) is 5.29. The predicted molar refractivity (Wildman–Crippen MR) is 62.2 cm³/mol. The standard InChI is InChI=1S/C11H13N3S/c1-8-4-5-14-10(7-8)12-11(13-14)9-3-2-6-15-9/h4-5,7,9H,2-3,6H2,1H3. The molecule has 2 aromatic heterocycles. The van der Waals surface area contributed by atoms with Crippen molar-refractivity contribution in [2.75, 3.05) is 5.75 Å². The van der Waals surface area contributed by atoms with Crippen LogP contribution in [0.2, 0.25) is 0 Å². The van der Waals surface area contributed by atoms with Crippen LogP contribution in [0, 0.1) is 6.92 Å². The maximum atomic E-state index is 4.59. The van der Waals surface area contributed by atoms with Crippen LogP contribution >= 0.6 is 11.8 Å². The van der Waals surface area contributed by atoms with Gasteiger partial charge in [-0.05, 0) is 43.2 Å². The normalized spacial score (nSPS) is 21.3. The van der Waals surface area contributed by atoms with E-state index in [1.54, 1.807) is 0 Å². The highest BCUT2D eigenvalue weighted by molar-refractivity contribution is 7.99. The first-order valence-electron chi connectivity index (χ1n) is 5.27. The minimum absolute atomic E-state index is 0.519. The Balaban J connectivity index is 2.05. The zero-order valence-electron chi connectivity index (χ0n) is 8.68. The highest BCUT2D eigenvalue weighted by atomic mass is 32.2. The van der Waals surface area contributed by atoms with E-state index < -0.39 is 0 Å². The average Bonchev–Trinajstić information content (AvgIpc) is 2.84. The second-order valence-electron chi connectivity index (χ2n) is 3.98. The maximum Gasteiger partial charge on any atom is 0.164 e. The third-order valence-corrected chi connectivity index (χ3v) is 4.10. The van der Waals surface area contributed by atoms with Gasteiger partial charge in [0.1, 0.15) is 0 Å². The lowest BCUT2D eigenvalue weighted by Gasteiger charge is -1.99. The van der Waals surface area contributed by atoms with Crippen LogP contribution in [0.4, 0.5) is 0 Å². The minimum atomic E-state index is 0.519. The molecule has 0 N–H and O–H groups in total. The lowest BCUT2D eigenvalue weighted by Crippen LogP contribution is -1.92. The van der Waals surface area contributed by atoms with Crippen molar-refractivity contribution in [1.29, 1.82) is 0 Å². The predicted octanol–water partition coefficient (Wildman–Crippen LogP) is 2.61. The fourth-order valence-corrected chi connectivity index (χ4v) is 3.12. The third-order valence-electron chi connectivity index (χ3n) is 2.73. The number of hydrogen-bond acceptors (Lipinski definition) is 3. The maximum absolute atomic E-state index is 4.59. The number of rotatable bonds is 1. The molecule has 1 aliphatic heterocycles. The van der Waals surface area contributed by atoms with Crippen LogP contribution in [-0.4, -0.2) is 20.4 Å². The van der Waals surface area contributed by atoms with Crippen molar-refractivity contribution in [3.63, 3.8) is 0 Å². The van der Waals surface area contributed by atoms with Gasteiger partial charge in [0.2, 0.25) is 0 Å². The van der Waals surface area contributed by atoms with E-state index in [1.165, 1.54) is 24.2 Å². The quantitative estimate of drug-likeness (QED) is 0.738. The Bertz CT molecular complexity index is 486. The topological polar surface area (TPSA) is 30.2 Å². The Hall–Kier alpha value is -1.03. The summed E-state index contributed by atoms with van der Waals surface area (Å²) in [6.45, 7) is 2.08. The highest BCUT2D eigenvalue weighted by Crippen LogP contribution is 2.38. The summed E-state index contributed by atoms with van der Waals surface area (Å²) in [7, 11) is 0. The summed E-state index contributed by atoms with van der Waals surface area (Å²) >= 11 is 1.98. The SMILES string of the molecule is Cc1ccn2nc(C3CCCS3)nc2c1. The van der Waals surface area contributed by atoms with Gasteiger partial charge in [-0.15, -0.1) is 0 Å². The average molecular weight is 219 g/mol. The summed E-state index contributed by atoms with van der Waals surface area (Å²) < 4.78 is 1.88. The summed E-state index contributed by atoms with van der Waals surface area (Å²) in [5.74, 6) is 2.25. The number of pyridine rings is 1. The molecule has 0 spiro atoms. The molecule has 0 radical (unpaired) electrons. The first-order valence-corrected chi connectivity index (χ1v) is 6.32. The van der Waals surface area contributed by atoms with E-state index in [0.29, 0.717) is 5.25 Å². The monoisotopic (exact) mass is 219 g/mol. The number of hydrogen-bond donors (Lipinski definition) is 0. The van der Waals surface area contributed by atoms with Gasteiger partial charge in [-0.25, -0.2) is 9.50 Å². The molecule has 3 heterocycles. The molecule has 3 rings (SSSR count). The molecule has 0 bridgehead atoms. The molecule has 0 saturated carbocycles. The van der Waals surface area contributed by atoms with E-state index in [9.17, 15) is 0 Å². The van der Waals surface area contributed by atoms with Crippen LogP contribution in [0.25, 0.3) is 5.65 Å². The fourth-order valence-electron chi connectivity index (χ4n) is 1.92. The molecule has 4 heteroatoms. The van der Waals surface area contributed by atoms with Gasteiger partial charge < -0.3 is 0 Å². The number of nitrogens with zero attached hydrogens (tertiary/aromatic N) is 3. The molecule has 15 heavy (non-hydrogen) atoms. The molecule has 1 fully saturated rings. The van der Waals surface area contributed by atoms with Crippen molar-refractivity contribution in [3.05, 3.63) is 29.7 Å². The Morgan fingerprint density at radius 2 is 2.47 bits per heavy atom. The molecule has 1 atom stereocenters. The largest absolute Gasteiger partial charge is 0.221 e. The molecule has 0 aromatic carbocycles. The first-order chi connectivity index (χ1) is 7.33. The lowest BCUT2D eigenvalue weighted by atomic mass is 10.2. The van der Waals surface area contributed by atoms with Crippen LogP contribution in [0.3, 0.4) is 0 Å². The van der Waals surface area contributed by atoms with Crippen molar-refractivity contribution in [1.82, 2.24) is 14.6 Å². The smallest absolute Gasteiger partial charge is 0.164 e. The van der Waals surface area contributed by atoms with Crippen molar-refractivity contribution in [3.8, 4) is 0 Å². The number of aryl methyl sites for hydroxylation is 1. The van der Waals surface area contributed by atoms with Gasteiger partial charge in [0.05, 0.1) is 5.25 Å². The molecule has 78 valence electrons. The minimum Gasteiger partial charge on any atom is -0.221 e. The van der Waals surface area contributed by atoms with E-state index >= 15 is 0 Å². The zero-order valence-corrected chi connectivity index (χ0v) is 9.50. The Morgan fingerprint density at radius 3 is 3.27 bits per heavy atom. The van der Waals surface area contributed by atoms with Gasteiger partial charge in [-0.3, -0.25) is 0 Å². The van der Waals surface area contributed by atoms with Crippen molar-refractivity contribution in [2.24, 2.45) is 0 Å². The van der Waals surface area contributed by atoms with Gasteiger partial charge in [-0.2, -0.15) is 16.9 Å². The van der Waals surface area contributed by atoms with Gasteiger partial charge in [-0.1, -0.05) is 0 Å². The molecule has 0 amide bonds. The highest BCUT2D eigenvalue weighted by Gasteiger charge is 2.21. The van der Waals surface area contributed by atoms with Crippen LogP contribution < -0.4 is 0 Å². The van der Waals surface area contributed by atoms with Crippen LogP contribution in [0.15, 0.2) is 18.3 Å². The molecule has 1 aliphatic rings. The molecule has 1 unspecified atom stereocenters. The third kappa shape index (κ3) is 1.63. The molecular weight excluding hydrogens is 206 g/mol. The van der Waals surface area contributed by atoms with Gasteiger partial charge in [0, 0.05) is 6.20 Å². The van der Waals surface area contributed by atoms with Crippen molar-refractivity contribution < 1.29 is 0 Å². The lowest BCUT2D eigenvalue weighted by molar-refractivity contribution is 0.770. The molecule has 3 nitrogen and oxygen atoms in total. The summed E-state index contributed by atoms with van der Waals surface area (Å²) in [4.78, 5) is 4.59. The molecule has 0 aliphatic carbocycles. The Labute approximate surface area is 92.9 Å². The van der Waals surface area contributed by atoms with Crippen LogP contribution in [-0.2, 0) is 0 Å². The molecule has 2 aromatic rings. The van der Waals surface area contributed by atoms with E-state index in [-0.39, 0.29) is 0 Å². The number of thioether (sulfide) groups is 1. The van der Waals surface area contributed by atoms with E-state index in [0.717, 1.165) is 11.5 Å². The summed E-state index contributed by atoms with van der Waals surface area (Å²) in [6.07, 6.45) is 4.51. The van der Waals surface area contributed by atoms with Crippen LogP contribution in [0.1, 0.15) is 29.5 Å². The first kappa shape index (κ1) is 9.21. The van der Waals surface area contributed by atoms with E-state index in [1.807, 2.05) is 22.5 Å². The van der Waals surface area contributed by atoms with E-state index in [2.05, 4.69) is 29.1 Å². The number of fused-ring (bicyclic) bond motifs is 1. The molecular formula is C11H13N3S. The summed E-state index contributed by atoms with van der Waals surface area (Å²) in [5.41, 5.74) is 2.21. The Kier molecular flexibility index (Phi) is 2.16. The summed E-state index contributed by atoms with van der Waals surface area (Å²) in [5, 5.41) is 5.04. The van der Waals surface area contributed by atoms with Crippen molar-refractivity contribution in [2.45, 2.75) is 25.0 Å². The van der Waals surface area contributed by atoms with Gasteiger partial charge >= 0.3 is 0 Å². The van der Waals surface area contributed by atoms with Crippen LogP contribution in [0.5, 0.6) is 0 Å². The van der Waals surface area contributed by atoms with Gasteiger partial charge in [0.15, 0.2) is 11.5 Å². The Morgan fingerprint density at radius 1 is 1.53 bits per heavy atom. The second kappa shape index (κ2) is 3.52. The van der Waals surface area contributed by atoms with Gasteiger partial charge in [0.25, 0.3) is 0 Å². The number of aromatic nitrogens is 3. The molecule has 1 saturated heterocycles. The van der Waals surface area contributed by atoms with E-state index in [4.69, 9.17) is 0 Å².